The van der Waals surface area contributed by atoms with Gasteiger partial charge in [0.2, 0.25) is 21.8 Å². The zero-order valence-electron chi connectivity index (χ0n) is 16.3. The fourth-order valence-electron chi connectivity index (χ4n) is 2.50. The van der Waals surface area contributed by atoms with Crippen molar-refractivity contribution in [2.24, 2.45) is 0 Å². The van der Waals surface area contributed by atoms with Crippen molar-refractivity contribution < 1.29 is 13.2 Å². The van der Waals surface area contributed by atoms with Crippen LogP contribution in [0, 0.1) is 0 Å². The standard InChI is InChI=1S/C19H22N6O3S/c1-14(2)24(3)29(27,28)17-11-9-16(10-12-17)20-18(26)13-25-22-19(21-23-25)15-7-5-4-6-8-15/h4-12,14H,13H2,1-3H3,(H,20,26). The normalized spacial score (nSPS) is 11.8. The lowest BCUT2D eigenvalue weighted by molar-refractivity contribution is -0.117. The summed E-state index contributed by atoms with van der Waals surface area (Å²) in [4.78, 5) is 13.6. The van der Waals surface area contributed by atoms with Crippen LogP contribution in [0.25, 0.3) is 11.4 Å². The van der Waals surface area contributed by atoms with E-state index in [2.05, 4.69) is 20.7 Å². The smallest absolute Gasteiger partial charge is 0.248 e. The number of benzene rings is 2. The average Bonchev–Trinajstić information content (AvgIpc) is 3.16. The lowest BCUT2D eigenvalue weighted by Gasteiger charge is -2.21. The Kier molecular flexibility index (Phi) is 6.04. The van der Waals surface area contributed by atoms with E-state index in [1.54, 1.807) is 26.0 Å². The molecule has 0 fully saturated rings. The number of sulfonamides is 1. The maximum atomic E-state index is 12.5. The Morgan fingerprint density at radius 2 is 1.76 bits per heavy atom. The van der Waals surface area contributed by atoms with E-state index in [9.17, 15) is 13.2 Å². The third-order valence-electron chi connectivity index (χ3n) is 4.31. The van der Waals surface area contributed by atoms with E-state index in [1.807, 2.05) is 30.3 Å². The number of hydrogen-bond donors (Lipinski definition) is 1. The summed E-state index contributed by atoms with van der Waals surface area (Å²) in [6, 6.07) is 15.2. The van der Waals surface area contributed by atoms with Gasteiger partial charge in [0.1, 0.15) is 6.54 Å². The molecule has 0 unspecified atom stereocenters. The Morgan fingerprint density at radius 3 is 2.38 bits per heavy atom. The Bertz CT molecular complexity index is 1080. The first kappa shape index (κ1) is 20.6. The number of nitrogens with zero attached hydrogens (tertiary/aromatic N) is 5. The molecule has 0 radical (unpaired) electrons. The zero-order chi connectivity index (χ0) is 21.0. The highest BCUT2D eigenvalue weighted by molar-refractivity contribution is 7.89. The van der Waals surface area contributed by atoms with Gasteiger partial charge in [0.25, 0.3) is 0 Å². The lowest BCUT2D eigenvalue weighted by atomic mass is 10.2. The summed E-state index contributed by atoms with van der Waals surface area (Å²) in [7, 11) is -2.04. The van der Waals surface area contributed by atoms with Gasteiger partial charge >= 0.3 is 0 Å². The Labute approximate surface area is 169 Å². The lowest BCUT2D eigenvalue weighted by Crippen LogP contribution is -2.33. The van der Waals surface area contributed by atoms with Gasteiger partial charge in [0.05, 0.1) is 4.90 Å². The SMILES string of the molecule is CC(C)N(C)S(=O)(=O)c1ccc(NC(=O)Cn2nnc(-c3ccccc3)n2)cc1. The van der Waals surface area contributed by atoms with Crippen LogP contribution in [0.1, 0.15) is 13.8 Å². The summed E-state index contributed by atoms with van der Waals surface area (Å²) in [5.41, 5.74) is 1.28. The molecule has 10 heteroatoms. The van der Waals surface area contributed by atoms with E-state index in [1.165, 1.54) is 28.3 Å². The molecular formula is C19H22N6O3S. The van der Waals surface area contributed by atoms with Gasteiger partial charge in [-0.2, -0.15) is 9.10 Å². The largest absolute Gasteiger partial charge is 0.324 e. The quantitative estimate of drug-likeness (QED) is 0.633. The number of hydrogen-bond acceptors (Lipinski definition) is 6. The van der Waals surface area contributed by atoms with Crippen molar-refractivity contribution in [2.75, 3.05) is 12.4 Å². The number of tetrazole rings is 1. The molecular weight excluding hydrogens is 392 g/mol. The van der Waals surface area contributed by atoms with Gasteiger partial charge in [0, 0.05) is 24.3 Å². The number of amides is 1. The number of nitrogens with one attached hydrogen (secondary N) is 1. The molecule has 0 spiro atoms. The van der Waals surface area contributed by atoms with Gasteiger partial charge in [-0.15, -0.1) is 10.2 Å². The molecule has 0 atom stereocenters. The van der Waals surface area contributed by atoms with Crippen molar-refractivity contribution in [2.45, 2.75) is 31.3 Å². The second-order valence-corrected chi connectivity index (χ2v) is 8.69. The predicted octanol–water partition coefficient (Wildman–Crippen LogP) is 2.01. The van der Waals surface area contributed by atoms with Crippen molar-refractivity contribution in [3.63, 3.8) is 0 Å². The van der Waals surface area contributed by atoms with Crippen LogP contribution in [0.3, 0.4) is 0 Å². The zero-order valence-corrected chi connectivity index (χ0v) is 17.2. The number of aromatic nitrogens is 4. The molecule has 1 N–H and O–H groups in total. The Morgan fingerprint density at radius 1 is 1.10 bits per heavy atom. The number of carbonyl (C=O) groups excluding carboxylic acids is 1. The molecule has 152 valence electrons. The molecule has 1 heterocycles. The molecule has 0 aliphatic carbocycles. The summed E-state index contributed by atoms with van der Waals surface area (Å²) in [6.45, 7) is 3.48. The molecule has 3 aromatic rings. The van der Waals surface area contributed by atoms with Crippen molar-refractivity contribution in [1.82, 2.24) is 24.5 Å². The topological polar surface area (TPSA) is 110 Å². The third kappa shape index (κ3) is 4.84. The van der Waals surface area contributed by atoms with Crippen molar-refractivity contribution >= 4 is 21.6 Å². The fourth-order valence-corrected chi connectivity index (χ4v) is 3.86. The average molecular weight is 414 g/mol. The van der Waals surface area contributed by atoms with Gasteiger partial charge in [-0.3, -0.25) is 4.79 Å². The van der Waals surface area contributed by atoms with Crippen molar-refractivity contribution in [3.8, 4) is 11.4 Å². The molecule has 3 rings (SSSR count). The Balaban J connectivity index is 1.64. The molecule has 2 aromatic carbocycles. The first-order chi connectivity index (χ1) is 13.8. The molecule has 0 aliphatic rings. The first-order valence-electron chi connectivity index (χ1n) is 8.98. The van der Waals surface area contributed by atoms with E-state index in [0.717, 1.165) is 5.56 Å². The summed E-state index contributed by atoms with van der Waals surface area (Å²) in [6.07, 6.45) is 0. The number of rotatable bonds is 7. The van der Waals surface area contributed by atoms with Crippen LogP contribution in [-0.4, -0.2) is 51.9 Å². The summed E-state index contributed by atoms with van der Waals surface area (Å²) < 4.78 is 26.3. The van der Waals surface area contributed by atoms with E-state index in [0.29, 0.717) is 11.5 Å². The van der Waals surface area contributed by atoms with Crippen LogP contribution in [0.15, 0.2) is 59.5 Å². The van der Waals surface area contributed by atoms with Gasteiger partial charge < -0.3 is 5.32 Å². The summed E-state index contributed by atoms with van der Waals surface area (Å²) in [5.74, 6) is 0.0825. The Hall–Kier alpha value is -3.11. The minimum atomic E-state index is -3.57. The van der Waals surface area contributed by atoms with Gasteiger partial charge in [-0.1, -0.05) is 30.3 Å². The maximum absolute atomic E-state index is 12.5. The van der Waals surface area contributed by atoms with Crippen LogP contribution in [0.4, 0.5) is 5.69 Å². The van der Waals surface area contributed by atoms with Crippen LogP contribution in [-0.2, 0) is 21.4 Å². The van der Waals surface area contributed by atoms with Gasteiger partial charge in [-0.25, -0.2) is 8.42 Å². The minimum Gasteiger partial charge on any atom is -0.324 e. The van der Waals surface area contributed by atoms with Crippen molar-refractivity contribution in [3.05, 3.63) is 54.6 Å². The van der Waals surface area contributed by atoms with Gasteiger partial charge in [-0.05, 0) is 43.3 Å². The van der Waals surface area contributed by atoms with Crippen LogP contribution >= 0.6 is 0 Å². The highest BCUT2D eigenvalue weighted by atomic mass is 32.2. The minimum absolute atomic E-state index is 0.115. The molecule has 1 amide bonds. The van der Waals surface area contributed by atoms with E-state index < -0.39 is 10.0 Å². The van der Waals surface area contributed by atoms with Crippen LogP contribution < -0.4 is 5.32 Å². The summed E-state index contributed by atoms with van der Waals surface area (Å²) in [5, 5.41) is 14.7. The van der Waals surface area contributed by atoms with Gasteiger partial charge in [0.15, 0.2) is 0 Å². The highest BCUT2D eigenvalue weighted by Crippen LogP contribution is 2.19. The van der Waals surface area contributed by atoms with E-state index >= 15 is 0 Å². The molecule has 1 aromatic heterocycles. The molecule has 9 nitrogen and oxygen atoms in total. The highest BCUT2D eigenvalue weighted by Gasteiger charge is 2.22. The molecule has 0 saturated carbocycles. The molecule has 29 heavy (non-hydrogen) atoms. The van der Waals surface area contributed by atoms with E-state index in [-0.39, 0.29) is 23.4 Å². The number of anilines is 1. The molecule has 0 saturated heterocycles. The summed E-state index contributed by atoms with van der Waals surface area (Å²) >= 11 is 0. The van der Waals surface area contributed by atoms with Crippen LogP contribution in [0.2, 0.25) is 0 Å². The van der Waals surface area contributed by atoms with Crippen molar-refractivity contribution in [1.29, 1.82) is 0 Å². The second-order valence-electron chi connectivity index (χ2n) is 6.70. The maximum Gasteiger partial charge on any atom is 0.248 e. The third-order valence-corrected chi connectivity index (χ3v) is 6.36. The second kappa shape index (κ2) is 8.50. The fraction of sp³-hybridized carbons (Fsp3) is 0.263. The monoisotopic (exact) mass is 414 g/mol. The predicted molar refractivity (Wildman–Crippen MR) is 108 cm³/mol. The first-order valence-corrected chi connectivity index (χ1v) is 10.4. The molecule has 0 bridgehead atoms. The number of carbonyl (C=O) groups is 1. The van der Waals surface area contributed by atoms with Crippen LogP contribution in [0.5, 0.6) is 0 Å². The van der Waals surface area contributed by atoms with E-state index in [4.69, 9.17) is 0 Å². The molecule has 0 aliphatic heterocycles.